The molecule has 0 spiro atoms. The SMILES string of the molecule is COc1ccc(-c2nnc(SCCO)n2[C@@H]2CCCC[C@H]2C)cc1. The number of benzene rings is 1. The summed E-state index contributed by atoms with van der Waals surface area (Å²) < 4.78 is 7.55. The summed E-state index contributed by atoms with van der Waals surface area (Å²) in [6, 6.07) is 8.41. The molecule has 2 aromatic rings. The number of hydrogen-bond acceptors (Lipinski definition) is 5. The van der Waals surface area contributed by atoms with Crippen LogP contribution < -0.4 is 4.74 Å². The lowest BCUT2D eigenvalue weighted by Gasteiger charge is -2.31. The number of aliphatic hydroxyl groups excluding tert-OH is 1. The predicted octanol–water partition coefficient (Wildman–Crippen LogP) is 3.79. The van der Waals surface area contributed by atoms with E-state index >= 15 is 0 Å². The van der Waals surface area contributed by atoms with E-state index in [2.05, 4.69) is 21.7 Å². The molecule has 1 N–H and O–H groups in total. The third kappa shape index (κ3) is 3.59. The summed E-state index contributed by atoms with van der Waals surface area (Å²) in [4.78, 5) is 0. The van der Waals surface area contributed by atoms with Crippen molar-refractivity contribution in [3.63, 3.8) is 0 Å². The van der Waals surface area contributed by atoms with Gasteiger partial charge in [0.2, 0.25) is 0 Å². The second-order valence-corrected chi connectivity index (χ2v) is 7.37. The maximum absolute atomic E-state index is 9.17. The largest absolute Gasteiger partial charge is 0.497 e. The van der Waals surface area contributed by atoms with Crippen molar-refractivity contribution in [3.8, 4) is 17.1 Å². The monoisotopic (exact) mass is 347 g/mol. The minimum Gasteiger partial charge on any atom is -0.497 e. The van der Waals surface area contributed by atoms with Crippen molar-refractivity contribution in [2.24, 2.45) is 5.92 Å². The van der Waals surface area contributed by atoms with Gasteiger partial charge in [0, 0.05) is 17.4 Å². The predicted molar refractivity (Wildman–Crippen MR) is 96.5 cm³/mol. The molecular weight excluding hydrogens is 322 g/mol. The minimum absolute atomic E-state index is 0.148. The fraction of sp³-hybridized carbons (Fsp3) is 0.556. The molecule has 130 valence electrons. The van der Waals surface area contributed by atoms with Gasteiger partial charge < -0.3 is 9.84 Å². The highest BCUT2D eigenvalue weighted by Gasteiger charge is 2.28. The van der Waals surface area contributed by atoms with Crippen LogP contribution in [-0.2, 0) is 0 Å². The molecule has 5 nitrogen and oxygen atoms in total. The lowest BCUT2D eigenvalue weighted by molar-refractivity contribution is 0.247. The summed E-state index contributed by atoms with van der Waals surface area (Å²) in [6.07, 6.45) is 4.96. The van der Waals surface area contributed by atoms with E-state index in [9.17, 15) is 5.11 Å². The van der Waals surface area contributed by atoms with Gasteiger partial charge in [0.1, 0.15) is 5.75 Å². The van der Waals surface area contributed by atoms with Crippen LogP contribution in [0.4, 0.5) is 0 Å². The molecule has 0 unspecified atom stereocenters. The first-order valence-electron chi connectivity index (χ1n) is 8.57. The van der Waals surface area contributed by atoms with Crippen LogP contribution in [0.15, 0.2) is 29.4 Å². The molecular formula is C18H25N3O2S. The Hall–Kier alpha value is -1.53. The van der Waals surface area contributed by atoms with Crippen LogP contribution in [0.25, 0.3) is 11.4 Å². The van der Waals surface area contributed by atoms with Crippen LogP contribution in [-0.4, -0.2) is 39.3 Å². The molecule has 1 aromatic carbocycles. The van der Waals surface area contributed by atoms with Crippen LogP contribution in [0.2, 0.25) is 0 Å². The number of ether oxygens (including phenoxy) is 1. The van der Waals surface area contributed by atoms with E-state index in [0.717, 1.165) is 28.7 Å². The third-order valence-corrected chi connectivity index (χ3v) is 5.66. The van der Waals surface area contributed by atoms with E-state index in [1.54, 1.807) is 18.9 Å². The number of rotatable bonds is 6. The number of hydrogen-bond donors (Lipinski definition) is 1. The highest BCUT2D eigenvalue weighted by molar-refractivity contribution is 7.99. The Balaban J connectivity index is 1.99. The van der Waals surface area contributed by atoms with Gasteiger partial charge in [-0.25, -0.2) is 0 Å². The maximum Gasteiger partial charge on any atom is 0.191 e. The van der Waals surface area contributed by atoms with E-state index in [1.165, 1.54) is 19.3 Å². The molecule has 1 aromatic heterocycles. The quantitative estimate of drug-likeness (QED) is 0.806. The van der Waals surface area contributed by atoms with Gasteiger partial charge in [-0.1, -0.05) is 31.5 Å². The molecule has 3 rings (SSSR count). The van der Waals surface area contributed by atoms with Crippen molar-refractivity contribution in [1.82, 2.24) is 14.8 Å². The maximum atomic E-state index is 9.17. The number of nitrogens with zero attached hydrogens (tertiary/aromatic N) is 3. The first kappa shape index (κ1) is 17.3. The van der Waals surface area contributed by atoms with E-state index in [-0.39, 0.29) is 6.61 Å². The Morgan fingerprint density at radius 3 is 2.62 bits per heavy atom. The summed E-state index contributed by atoms with van der Waals surface area (Å²) in [5.74, 6) is 3.00. The van der Waals surface area contributed by atoms with Crippen molar-refractivity contribution in [3.05, 3.63) is 24.3 Å². The minimum atomic E-state index is 0.148. The number of thioether (sulfide) groups is 1. The van der Waals surface area contributed by atoms with Crippen LogP contribution in [0, 0.1) is 5.92 Å². The zero-order chi connectivity index (χ0) is 16.9. The summed E-state index contributed by atoms with van der Waals surface area (Å²) in [5, 5.41) is 19.0. The molecule has 6 heteroatoms. The molecule has 0 bridgehead atoms. The van der Waals surface area contributed by atoms with Crippen LogP contribution >= 0.6 is 11.8 Å². The van der Waals surface area contributed by atoms with Crippen LogP contribution in [0.1, 0.15) is 38.6 Å². The van der Waals surface area contributed by atoms with E-state index in [1.807, 2.05) is 24.3 Å². The Kier molecular flexibility index (Phi) is 5.79. The van der Waals surface area contributed by atoms with Crippen molar-refractivity contribution in [2.75, 3.05) is 19.5 Å². The topological polar surface area (TPSA) is 60.2 Å². The van der Waals surface area contributed by atoms with E-state index in [4.69, 9.17) is 4.74 Å². The first-order chi connectivity index (χ1) is 11.7. The zero-order valence-corrected chi connectivity index (χ0v) is 15.1. The lowest BCUT2D eigenvalue weighted by Crippen LogP contribution is -2.22. The van der Waals surface area contributed by atoms with Gasteiger partial charge in [0.15, 0.2) is 11.0 Å². The van der Waals surface area contributed by atoms with Crippen molar-refractivity contribution < 1.29 is 9.84 Å². The molecule has 1 aliphatic rings. The Morgan fingerprint density at radius 2 is 1.96 bits per heavy atom. The first-order valence-corrected chi connectivity index (χ1v) is 9.56. The van der Waals surface area contributed by atoms with Crippen molar-refractivity contribution in [2.45, 2.75) is 43.8 Å². The fourth-order valence-electron chi connectivity index (χ4n) is 3.43. The molecule has 1 fully saturated rings. The Bertz CT molecular complexity index is 657. The average Bonchev–Trinajstić information content (AvgIpc) is 3.04. The van der Waals surface area contributed by atoms with Gasteiger partial charge in [0.25, 0.3) is 0 Å². The van der Waals surface area contributed by atoms with E-state index < -0.39 is 0 Å². The Morgan fingerprint density at radius 1 is 1.21 bits per heavy atom. The smallest absolute Gasteiger partial charge is 0.191 e. The number of aliphatic hydroxyl groups is 1. The normalized spacial score (nSPS) is 21.0. The summed E-state index contributed by atoms with van der Waals surface area (Å²) in [5.41, 5.74) is 1.05. The molecule has 24 heavy (non-hydrogen) atoms. The molecule has 0 aliphatic heterocycles. The Labute approximate surface area is 147 Å². The molecule has 0 amide bonds. The molecule has 0 radical (unpaired) electrons. The summed E-state index contributed by atoms with van der Waals surface area (Å²) in [6.45, 7) is 2.47. The molecule has 0 saturated heterocycles. The number of aromatic nitrogens is 3. The summed E-state index contributed by atoms with van der Waals surface area (Å²) in [7, 11) is 1.67. The number of methoxy groups -OCH3 is 1. The highest BCUT2D eigenvalue weighted by atomic mass is 32.2. The second-order valence-electron chi connectivity index (χ2n) is 6.31. The van der Waals surface area contributed by atoms with Crippen molar-refractivity contribution in [1.29, 1.82) is 0 Å². The molecule has 1 heterocycles. The standard InChI is InChI=1S/C18H25N3O2S/c1-13-5-3-4-6-16(13)21-17(19-20-18(21)24-12-11-22)14-7-9-15(23-2)10-8-14/h7-10,13,16,22H,3-6,11-12H2,1-2H3/t13-,16-/m1/s1. The fourth-order valence-corrected chi connectivity index (χ4v) is 4.16. The lowest BCUT2D eigenvalue weighted by atomic mass is 9.85. The van der Waals surface area contributed by atoms with Gasteiger partial charge in [-0.2, -0.15) is 0 Å². The third-order valence-electron chi connectivity index (χ3n) is 4.73. The summed E-state index contributed by atoms with van der Waals surface area (Å²) >= 11 is 1.58. The highest BCUT2D eigenvalue weighted by Crippen LogP contribution is 2.39. The molecule has 1 aliphatic carbocycles. The van der Waals surface area contributed by atoms with Gasteiger partial charge in [0.05, 0.1) is 13.7 Å². The zero-order valence-electron chi connectivity index (χ0n) is 14.3. The van der Waals surface area contributed by atoms with Crippen molar-refractivity contribution >= 4 is 11.8 Å². The average molecular weight is 347 g/mol. The van der Waals surface area contributed by atoms with Crippen LogP contribution in [0.3, 0.4) is 0 Å². The van der Waals surface area contributed by atoms with Crippen LogP contribution in [0.5, 0.6) is 5.75 Å². The van der Waals surface area contributed by atoms with Gasteiger partial charge in [-0.3, -0.25) is 4.57 Å². The van der Waals surface area contributed by atoms with Gasteiger partial charge >= 0.3 is 0 Å². The van der Waals surface area contributed by atoms with Gasteiger partial charge in [-0.15, -0.1) is 10.2 Å². The molecule has 1 saturated carbocycles. The van der Waals surface area contributed by atoms with Gasteiger partial charge in [-0.05, 0) is 43.0 Å². The molecule has 2 atom stereocenters. The second kappa shape index (κ2) is 8.03. The van der Waals surface area contributed by atoms with E-state index in [0.29, 0.717) is 17.7 Å².